The minimum Gasteiger partial charge on any atom is -0.384 e. The number of hydrogen-bond acceptors (Lipinski definition) is 8. The van der Waals surface area contributed by atoms with Gasteiger partial charge in [0.05, 0.1) is 11.4 Å². The number of ketones is 1. The van der Waals surface area contributed by atoms with Crippen molar-refractivity contribution in [2.24, 2.45) is 13.0 Å². The first-order valence-electron chi connectivity index (χ1n) is 9.73. The third-order valence-electron chi connectivity index (χ3n) is 4.76. The Morgan fingerprint density at radius 3 is 2.58 bits per heavy atom. The molecule has 0 aliphatic carbocycles. The van der Waals surface area contributed by atoms with E-state index < -0.39 is 17.0 Å². The minimum atomic E-state index is -0.706. The van der Waals surface area contributed by atoms with Gasteiger partial charge in [0, 0.05) is 13.6 Å². The lowest BCUT2D eigenvalue weighted by molar-refractivity contribution is 0.102. The number of carbonyl (C=O) groups is 1. The van der Waals surface area contributed by atoms with Gasteiger partial charge in [-0.25, -0.2) is 4.79 Å². The van der Waals surface area contributed by atoms with Gasteiger partial charge < -0.3 is 5.73 Å². The van der Waals surface area contributed by atoms with Crippen molar-refractivity contribution in [2.75, 3.05) is 11.5 Å². The van der Waals surface area contributed by atoms with E-state index in [1.54, 1.807) is 4.68 Å². The van der Waals surface area contributed by atoms with E-state index in [0.29, 0.717) is 11.7 Å². The van der Waals surface area contributed by atoms with Crippen LogP contribution in [0, 0.1) is 19.8 Å². The minimum absolute atomic E-state index is 0.107. The highest BCUT2D eigenvalue weighted by Gasteiger charge is 2.23. The molecule has 0 spiro atoms. The summed E-state index contributed by atoms with van der Waals surface area (Å²) in [5.74, 6) is -0.598. The molecule has 31 heavy (non-hydrogen) atoms. The number of aryl methyl sites for hydroxylation is 2. The van der Waals surface area contributed by atoms with Gasteiger partial charge in [-0.3, -0.25) is 18.7 Å². The summed E-state index contributed by atoms with van der Waals surface area (Å²) in [6.07, 6.45) is 0. The topological polar surface area (TPSA) is 131 Å². The standard InChI is InChI=1S/C20H25N7O3S/c1-11(2)9-26-17(21)16(18(29)25(5)20(26)30)15(28)10-31-19-22-23-24-27(19)14-7-6-12(3)8-13(14)4/h6-8,11H,9-10,21H2,1-5H3. The zero-order valence-corrected chi connectivity index (χ0v) is 18.9. The maximum atomic E-state index is 12.9. The molecule has 2 N–H and O–H groups in total. The Balaban J connectivity index is 1.91. The van der Waals surface area contributed by atoms with Crippen LogP contribution >= 0.6 is 11.8 Å². The largest absolute Gasteiger partial charge is 0.384 e. The first-order chi connectivity index (χ1) is 14.6. The van der Waals surface area contributed by atoms with Crippen molar-refractivity contribution in [3.05, 3.63) is 55.7 Å². The number of benzene rings is 1. The van der Waals surface area contributed by atoms with Crippen LogP contribution in [0.25, 0.3) is 5.69 Å². The summed E-state index contributed by atoms with van der Waals surface area (Å²) < 4.78 is 3.73. The summed E-state index contributed by atoms with van der Waals surface area (Å²) in [4.78, 5) is 38.0. The lowest BCUT2D eigenvalue weighted by Crippen LogP contribution is -2.43. The molecule has 0 amide bonds. The highest BCUT2D eigenvalue weighted by atomic mass is 32.2. The average molecular weight is 444 g/mol. The summed E-state index contributed by atoms with van der Waals surface area (Å²) in [5, 5.41) is 12.1. The van der Waals surface area contributed by atoms with Crippen molar-refractivity contribution in [2.45, 2.75) is 39.4 Å². The SMILES string of the molecule is Cc1ccc(-n2nnnc2SCC(=O)c2c(N)n(CC(C)C)c(=O)n(C)c2=O)c(C)c1. The monoisotopic (exact) mass is 443 g/mol. The fraction of sp³-hybridized carbons (Fsp3) is 0.400. The van der Waals surface area contributed by atoms with Crippen LogP contribution in [0.5, 0.6) is 0 Å². The second-order valence-corrected chi connectivity index (χ2v) is 8.73. The van der Waals surface area contributed by atoms with E-state index in [1.807, 2.05) is 45.9 Å². The Morgan fingerprint density at radius 2 is 1.94 bits per heavy atom. The van der Waals surface area contributed by atoms with Gasteiger partial charge in [-0.05, 0) is 41.8 Å². The van der Waals surface area contributed by atoms with Gasteiger partial charge in [-0.15, -0.1) is 5.10 Å². The maximum Gasteiger partial charge on any atom is 0.332 e. The Bertz CT molecular complexity index is 1260. The first kappa shape index (κ1) is 22.5. The molecule has 3 rings (SSSR count). The number of carbonyl (C=O) groups excluding carboxylic acids is 1. The number of rotatable bonds is 7. The summed E-state index contributed by atoms with van der Waals surface area (Å²) in [7, 11) is 1.34. The summed E-state index contributed by atoms with van der Waals surface area (Å²) in [5.41, 5.74) is 7.53. The molecule has 0 saturated heterocycles. The van der Waals surface area contributed by atoms with Gasteiger partial charge in [0.2, 0.25) is 5.16 Å². The van der Waals surface area contributed by atoms with Gasteiger partial charge in [-0.1, -0.05) is 43.3 Å². The van der Waals surface area contributed by atoms with Crippen LogP contribution in [0.15, 0.2) is 32.9 Å². The number of aromatic nitrogens is 6. The lowest BCUT2D eigenvalue weighted by atomic mass is 10.1. The molecule has 1 aromatic carbocycles. The number of nitrogens with two attached hydrogens (primary N) is 1. The van der Waals surface area contributed by atoms with Gasteiger partial charge in [0.1, 0.15) is 11.4 Å². The van der Waals surface area contributed by atoms with Gasteiger partial charge >= 0.3 is 5.69 Å². The number of tetrazole rings is 1. The molecule has 0 aliphatic rings. The quantitative estimate of drug-likeness (QED) is 0.428. The molecule has 0 aliphatic heterocycles. The zero-order chi connectivity index (χ0) is 22.9. The smallest absolute Gasteiger partial charge is 0.332 e. The lowest BCUT2D eigenvalue weighted by Gasteiger charge is -2.16. The molecule has 2 aromatic heterocycles. The molecule has 0 fully saturated rings. The van der Waals surface area contributed by atoms with Crippen LogP contribution in [0.4, 0.5) is 5.82 Å². The molecular formula is C20H25N7O3S. The summed E-state index contributed by atoms with van der Waals surface area (Å²) in [6, 6.07) is 5.87. The zero-order valence-electron chi connectivity index (χ0n) is 18.1. The van der Waals surface area contributed by atoms with Crippen LogP contribution in [0.3, 0.4) is 0 Å². The van der Waals surface area contributed by atoms with Crippen molar-refractivity contribution < 1.29 is 4.79 Å². The molecule has 0 unspecified atom stereocenters. The molecule has 10 nitrogen and oxygen atoms in total. The Kier molecular flexibility index (Phi) is 6.44. The Hall–Kier alpha value is -3.21. The van der Waals surface area contributed by atoms with Crippen LogP contribution in [0.2, 0.25) is 0 Å². The number of nitrogen functional groups attached to an aromatic ring is 1. The first-order valence-corrected chi connectivity index (χ1v) is 10.7. The molecule has 0 radical (unpaired) electrons. The molecule has 164 valence electrons. The average Bonchev–Trinajstić information content (AvgIpc) is 3.16. The van der Waals surface area contributed by atoms with Crippen LogP contribution in [0.1, 0.15) is 35.3 Å². The van der Waals surface area contributed by atoms with Crippen LogP contribution in [-0.2, 0) is 13.6 Å². The number of nitrogens with zero attached hydrogens (tertiary/aromatic N) is 6. The predicted octanol–water partition coefficient (Wildman–Crippen LogP) is 1.35. The van der Waals surface area contributed by atoms with E-state index in [0.717, 1.165) is 33.1 Å². The highest BCUT2D eigenvalue weighted by molar-refractivity contribution is 7.99. The molecule has 2 heterocycles. The second kappa shape index (κ2) is 8.88. The Labute approximate surface area is 183 Å². The normalized spacial score (nSPS) is 11.3. The van der Waals surface area contributed by atoms with E-state index in [9.17, 15) is 14.4 Å². The molecule has 3 aromatic rings. The van der Waals surface area contributed by atoms with Gasteiger partial charge in [-0.2, -0.15) is 4.68 Å². The number of thioether (sulfide) groups is 1. The fourth-order valence-electron chi connectivity index (χ4n) is 3.25. The Morgan fingerprint density at radius 1 is 1.23 bits per heavy atom. The van der Waals surface area contributed by atoms with Crippen molar-refractivity contribution in [3.63, 3.8) is 0 Å². The molecule has 0 atom stereocenters. The van der Waals surface area contributed by atoms with Gasteiger partial charge in [0.15, 0.2) is 5.78 Å². The van der Waals surface area contributed by atoms with Crippen LogP contribution in [-0.4, -0.2) is 40.9 Å². The third-order valence-corrected chi connectivity index (χ3v) is 5.68. The predicted molar refractivity (Wildman–Crippen MR) is 119 cm³/mol. The van der Waals surface area contributed by atoms with E-state index in [4.69, 9.17) is 5.73 Å². The van der Waals surface area contributed by atoms with E-state index in [2.05, 4.69) is 15.5 Å². The van der Waals surface area contributed by atoms with E-state index >= 15 is 0 Å². The molecule has 0 saturated carbocycles. The van der Waals surface area contributed by atoms with E-state index in [-0.39, 0.29) is 23.1 Å². The number of hydrogen-bond donors (Lipinski definition) is 1. The maximum absolute atomic E-state index is 12.9. The molecule has 0 bridgehead atoms. The summed E-state index contributed by atoms with van der Waals surface area (Å²) >= 11 is 1.10. The van der Waals surface area contributed by atoms with Crippen LogP contribution < -0.4 is 17.0 Å². The van der Waals surface area contributed by atoms with Crippen molar-refractivity contribution in [1.29, 1.82) is 0 Å². The van der Waals surface area contributed by atoms with Gasteiger partial charge in [0.25, 0.3) is 5.56 Å². The van der Waals surface area contributed by atoms with E-state index in [1.165, 1.54) is 11.6 Å². The van der Waals surface area contributed by atoms with Crippen molar-refractivity contribution >= 4 is 23.4 Å². The number of Topliss-reactive ketones (excluding diaryl/α,β-unsaturated/α-hetero) is 1. The van der Waals surface area contributed by atoms with Crippen molar-refractivity contribution in [3.8, 4) is 5.69 Å². The fourth-order valence-corrected chi connectivity index (χ4v) is 4.01. The summed E-state index contributed by atoms with van der Waals surface area (Å²) in [6.45, 7) is 8.08. The molecule has 11 heteroatoms. The van der Waals surface area contributed by atoms with Crippen molar-refractivity contribution in [1.82, 2.24) is 29.3 Å². The highest BCUT2D eigenvalue weighted by Crippen LogP contribution is 2.22. The number of anilines is 1. The third kappa shape index (κ3) is 4.46. The molecular weight excluding hydrogens is 418 g/mol. The second-order valence-electron chi connectivity index (χ2n) is 7.79.